The maximum atomic E-state index is 14.0. The molecule has 0 bridgehead atoms. The van der Waals surface area contributed by atoms with E-state index >= 15 is 0 Å². The number of benzene rings is 1. The van der Waals surface area contributed by atoms with Crippen LogP contribution in [0.2, 0.25) is 0 Å². The predicted octanol–water partition coefficient (Wildman–Crippen LogP) is 3.15. The molecule has 0 saturated carbocycles. The van der Waals surface area contributed by atoms with Crippen LogP contribution in [0.5, 0.6) is 0 Å². The standard InChI is InChI=1S/C18H19F2N7O2/c1-3-29-17(28)13-7-16(27-26-13)23-15-8-14(24-18(21)25-15)22-9(2)11-5-4-10(19)6-12(11)20/h4-9H,3H2,1-2H3,(H5,21,22,23,24,25,26,27). The van der Waals surface area contributed by atoms with Crippen LogP contribution in [0.4, 0.5) is 32.2 Å². The second kappa shape index (κ2) is 8.50. The minimum absolute atomic E-state index is 0.0366. The Kier molecular flexibility index (Phi) is 5.86. The Morgan fingerprint density at radius 3 is 2.69 bits per heavy atom. The van der Waals surface area contributed by atoms with Crippen molar-refractivity contribution in [1.82, 2.24) is 20.2 Å². The van der Waals surface area contributed by atoms with E-state index < -0.39 is 23.6 Å². The number of halogens is 2. The fourth-order valence-corrected chi connectivity index (χ4v) is 2.59. The number of hydrogen-bond acceptors (Lipinski definition) is 8. The SMILES string of the molecule is CCOC(=O)c1cc(Nc2cc(NC(C)c3ccc(F)cc3F)nc(N)n2)n[nH]1. The summed E-state index contributed by atoms with van der Waals surface area (Å²) in [6, 6.07) is 5.82. The Bertz CT molecular complexity index is 1030. The minimum Gasteiger partial charge on any atom is -0.461 e. The van der Waals surface area contributed by atoms with Crippen LogP contribution >= 0.6 is 0 Å². The van der Waals surface area contributed by atoms with Gasteiger partial charge in [0, 0.05) is 23.8 Å². The van der Waals surface area contributed by atoms with Gasteiger partial charge in [-0.3, -0.25) is 5.10 Å². The third kappa shape index (κ3) is 4.94. The smallest absolute Gasteiger partial charge is 0.356 e. The van der Waals surface area contributed by atoms with Crippen LogP contribution in [0.1, 0.15) is 35.9 Å². The molecule has 1 aromatic carbocycles. The molecule has 0 spiro atoms. The number of anilines is 4. The Morgan fingerprint density at radius 2 is 1.97 bits per heavy atom. The third-order valence-electron chi connectivity index (χ3n) is 3.87. The zero-order chi connectivity index (χ0) is 21.0. The lowest BCUT2D eigenvalue weighted by atomic mass is 10.1. The van der Waals surface area contributed by atoms with Crippen molar-refractivity contribution in [3.8, 4) is 0 Å². The lowest BCUT2D eigenvalue weighted by Gasteiger charge is -2.16. The van der Waals surface area contributed by atoms with E-state index in [4.69, 9.17) is 10.5 Å². The molecule has 2 aromatic heterocycles. The summed E-state index contributed by atoms with van der Waals surface area (Å²) in [5.41, 5.74) is 6.19. The number of aromatic amines is 1. The molecule has 1 unspecified atom stereocenters. The number of H-pyrrole nitrogens is 1. The molecule has 5 N–H and O–H groups in total. The first-order valence-corrected chi connectivity index (χ1v) is 8.71. The van der Waals surface area contributed by atoms with Crippen molar-refractivity contribution in [2.75, 3.05) is 23.0 Å². The Morgan fingerprint density at radius 1 is 1.21 bits per heavy atom. The molecule has 3 aromatic rings. The highest BCUT2D eigenvalue weighted by Crippen LogP contribution is 2.24. The summed E-state index contributed by atoms with van der Waals surface area (Å²) >= 11 is 0. The Labute approximate surface area is 164 Å². The van der Waals surface area contributed by atoms with E-state index in [1.807, 2.05) is 0 Å². The second-order valence-corrected chi connectivity index (χ2v) is 6.04. The first-order chi connectivity index (χ1) is 13.9. The number of ether oxygens (including phenoxy) is 1. The number of rotatable bonds is 7. The third-order valence-corrected chi connectivity index (χ3v) is 3.87. The molecule has 152 valence electrons. The number of hydrogen-bond donors (Lipinski definition) is 4. The maximum absolute atomic E-state index is 14.0. The van der Waals surface area contributed by atoms with Crippen LogP contribution in [0.3, 0.4) is 0 Å². The summed E-state index contributed by atoms with van der Waals surface area (Å²) in [4.78, 5) is 19.8. The van der Waals surface area contributed by atoms with Crippen molar-refractivity contribution in [1.29, 1.82) is 0 Å². The van der Waals surface area contributed by atoms with Crippen molar-refractivity contribution >= 4 is 29.4 Å². The first-order valence-electron chi connectivity index (χ1n) is 8.71. The number of nitrogen functional groups attached to an aromatic ring is 1. The van der Waals surface area contributed by atoms with Crippen molar-refractivity contribution in [3.05, 3.63) is 53.2 Å². The number of carbonyl (C=O) groups is 1. The van der Waals surface area contributed by atoms with Gasteiger partial charge in [-0.1, -0.05) is 6.07 Å². The van der Waals surface area contributed by atoms with E-state index in [-0.39, 0.29) is 23.8 Å². The van der Waals surface area contributed by atoms with Gasteiger partial charge in [0.15, 0.2) is 5.82 Å². The first kappa shape index (κ1) is 20.0. The second-order valence-electron chi connectivity index (χ2n) is 6.04. The lowest BCUT2D eigenvalue weighted by Crippen LogP contribution is -2.12. The summed E-state index contributed by atoms with van der Waals surface area (Å²) in [5, 5.41) is 12.4. The fourth-order valence-electron chi connectivity index (χ4n) is 2.59. The number of nitrogens with two attached hydrogens (primary N) is 1. The van der Waals surface area contributed by atoms with E-state index in [9.17, 15) is 13.6 Å². The van der Waals surface area contributed by atoms with Crippen molar-refractivity contribution in [3.63, 3.8) is 0 Å². The van der Waals surface area contributed by atoms with Gasteiger partial charge in [0.05, 0.1) is 12.6 Å². The van der Waals surface area contributed by atoms with Crippen LogP contribution < -0.4 is 16.4 Å². The van der Waals surface area contributed by atoms with Crippen molar-refractivity contribution in [2.24, 2.45) is 0 Å². The molecule has 2 heterocycles. The molecule has 0 radical (unpaired) electrons. The summed E-state index contributed by atoms with van der Waals surface area (Å²) < 4.78 is 32.0. The molecule has 1 atom stereocenters. The van der Waals surface area contributed by atoms with Crippen molar-refractivity contribution < 1.29 is 18.3 Å². The Balaban J connectivity index is 1.75. The zero-order valence-electron chi connectivity index (χ0n) is 15.7. The molecule has 0 fully saturated rings. The summed E-state index contributed by atoms with van der Waals surface area (Å²) in [5.74, 6) is -0.968. The van der Waals surface area contributed by atoms with Gasteiger partial charge in [0.25, 0.3) is 0 Å². The number of carbonyl (C=O) groups excluding carboxylic acids is 1. The fraction of sp³-hybridized carbons (Fsp3) is 0.222. The maximum Gasteiger partial charge on any atom is 0.356 e. The topological polar surface area (TPSA) is 131 Å². The minimum atomic E-state index is -0.673. The van der Waals surface area contributed by atoms with Gasteiger partial charge in [-0.25, -0.2) is 13.6 Å². The molecule has 9 nitrogen and oxygen atoms in total. The largest absolute Gasteiger partial charge is 0.461 e. The van der Waals surface area contributed by atoms with E-state index in [0.29, 0.717) is 17.5 Å². The van der Waals surface area contributed by atoms with Crippen LogP contribution in [0, 0.1) is 11.6 Å². The van der Waals surface area contributed by atoms with Gasteiger partial charge >= 0.3 is 5.97 Å². The zero-order valence-corrected chi connectivity index (χ0v) is 15.7. The van der Waals surface area contributed by atoms with Crippen LogP contribution in [0.15, 0.2) is 30.3 Å². The number of aromatic nitrogens is 4. The molecule has 0 aliphatic heterocycles. The quantitative estimate of drug-likeness (QED) is 0.443. The van der Waals surface area contributed by atoms with E-state index in [0.717, 1.165) is 6.07 Å². The highest BCUT2D eigenvalue weighted by atomic mass is 19.1. The van der Waals surface area contributed by atoms with Crippen molar-refractivity contribution in [2.45, 2.75) is 19.9 Å². The number of nitrogens with one attached hydrogen (secondary N) is 3. The van der Waals surface area contributed by atoms with E-state index in [1.54, 1.807) is 13.8 Å². The molecule has 0 amide bonds. The molecule has 3 rings (SSSR count). The highest BCUT2D eigenvalue weighted by Gasteiger charge is 2.15. The molecular weight excluding hydrogens is 384 g/mol. The molecule has 11 heteroatoms. The molecular formula is C18H19F2N7O2. The lowest BCUT2D eigenvalue weighted by molar-refractivity contribution is 0.0519. The molecule has 0 aliphatic carbocycles. The van der Waals surface area contributed by atoms with E-state index in [1.165, 1.54) is 24.3 Å². The van der Waals surface area contributed by atoms with Gasteiger partial charge in [0.1, 0.15) is 29.0 Å². The predicted molar refractivity (Wildman–Crippen MR) is 103 cm³/mol. The van der Waals surface area contributed by atoms with Crippen LogP contribution in [-0.2, 0) is 4.74 Å². The van der Waals surface area contributed by atoms with E-state index in [2.05, 4.69) is 30.8 Å². The van der Waals surface area contributed by atoms with Gasteiger partial charge in [-0.2, -0.15) is 15.1 Å². The monoisotopic (exact) mass is 403 g/mol. The van der Waals surface area contributed by atoms with Gasteiger partial charge < -0.3 is 21.1 Å². The summed E-state index contributed by atoms with van der Waals surface area (Å²) in [6.07, 6.45) is 0. The van der Waals surface area contributed by atoms with Gasteiger partial charge in [0.2, 0.25) is 5.95 Å². The normalized spacial score (nSPS) is 11.7. The summed E-state index contributed by atoms with van der Waals surface area (Å²) in [6.45, 7) is 3.64. The van der Waals surface area contributed by atoms with Crippen LogP contribution in [0.25, 0.3) is 0 Å². The van der Waals surface area contributed by atoms with Gasteiger partial charge in [-0.15, -0.1) is 0 Å². The summed E-state index contributed by atoms with van der Waals surface area (Å²) in [7, 11) is 0. The number of esters is 1. The average molecular weight is 403 g/mol. The van der Waals surface area contributed by atoms with Crippen LogP contribution in [-0.4, -0.2) is 32.7 Å². The highest BCUT2D eigenvalue weighted by molar-refractivity contribution is 5.88. The Hall–Kier alpha value is -3.76. The molecule has 0 saturated heterocycles. The van der Waals surface area contributed by atoms with Gasteiger partial charge in [-0.05, 0) is 19.9 Å². The number of nitrogens with zero attached hydrogens (tertiary/aromatic N) is 3. The molecule has 0 aliphatic rings. The molecule has 29 heavy (non-hydrogen) atoms. The average Bonchev–Trinajstić information content (AvgIpc) is 3.09.